The van der Waals surface area contributed by atoms with Crippen LogP contribution in [-0.2, 0) is 9.53 Å². The van der Waals surface area contributed by atoms with E-state index in [1.54, 1.807) is 0 Å². The third-order valence-corrected chi connectivity index (χ3v) is 3.17. The standard InChI is InChI=1S/C13H26N2O2.ClH/c1-2-17-11-13(16)15-10-9-14-12-7-5-3-4-6-8-12;/h12,14H,2-11H2,1H3,(H,15,16);1H. The Balaban J connectivity index is 0.00000289. The Labute approximate surface area is 117 Å². The maximum atomic E-state index is 11.2. The molecule has 1 saturated carbocycles. The van der Waals surface area contributed by atoms with E-state index in [2.05, 4.69) is 10.6 Å². The Bertz CT molecular complexity index is 207. The minimum atomic E-state index is -0.0190. The molecule has 0 radical (unpaired) electrons. The van der Waals surface area contributed by atoms with E-state index in [1.807, 2.05) is 6.92 Å². The molecule has 0 bridgehead atoms. The van der Waals surface area contributed by atoms with Crippen molar-refractivity contribution < 1.29 is 9.53 Å². The third-order valence-electron chi connectivity index (χ3n) is 3.17. The molecular formula is C13H27ClN2O2. The van der Waals surface area contributed by atoms with Crippen molar-refractivity contribution in [1.82, 2.24) is 10.6 Å². The molecule has 5 heteroatoms. The van der Waals surface area contributed by atoms with Crippen LogP contribution in [-0.4, -0.2) is 38.3 Å². The molecule has 0 unspecified atom stereocenters. The fourth-order valence-corrected chi connectivity index (χ4v) is 2.21. The molecule has 108 valence electrons. The lowest BCUT2D eigenvalue weighted by Crippen LogP contribution is -2.38. The summed E-state index contributed by atoms with van der Waals surface area (Å²) in [4.78, 5) is 11.2. The molecule has 18 heavy (non-hydrogen) atoms. The first-order valence-electron chi connectivity index (χ1n) is 6.90. The van der Waals surface area contributed by atoms with Crippen molar-refractivity contribution in [2.24, 2.45) is 0 Å². The van der Waals surface area contributed by atoms with Gasteiger partial charge in [-0.2, -0.15) is 0 Å². The molecule has 0 saturated heterocycles. The van der Waals surface area contributed by atoms with Crippen LogP contribution in [0.4, 0.5) is 0 Å². The highest BCUT2D eigenvalue weighted by Crippen LogP contribution is 2.16. The van der Waals surface area contributed by atoms with Gasteiger partial charge < -0.3 is 15.4 Å². The topological polar surface area (TPSA) is 50.4 Å². The molecule has 1 fully saturated rings. The highest BCUT2D eigenvalue weighted by Gasteiger charge is 2.10. The summed E-state index contributed by atoms with van der Waals surface area (Å²) in [6, 6.07) is 0.654. The van der Waals surface area contributed by atoms with E-state index in [0.29, 0.717) is 19.2 Å². The molecule has 1 aliphatic carbocycles. The second-order valence-electron chi connectivity index (χ2n) is 4.63. The Morgan fingerprint density at radius 1 is 1.17 bits per heavy atom. The van der Waals surface area contributed by atoms with Crippen molar-refractivity contribution in [2.75, 3.05) is 26.3 Å². The molecule has 0 spiro atoms. The van der Waals surface area contributed by atoms with E-state index in [1.165, 1.54) is 38.5 Å². The minimum Gasteiger partial charge on any atom is -0.372 e. The summed E-state index contributed by atoms with van der Waals surface area (Å²) in [5.41, 5.74) is 0. The van der Waals surface area contributed by atoms with Gasteiger partial charge in [-0.3, -0.25) is 4.79 Å². The maximum Gasteiger partial charge on any atom is 0.246 e. The number of halogens is 1. The summed E-state index contributed by atoms with van der Waals surface area (Å²) in [6.45, 7) is 4.22. The van der Waals surface area contributed by atoms with Gasteiger partial charge in [0.25, 0.3) is 0 Å². The smallest absolute Gasteiger partial charge is 0.246 e. The van der Waals surface area contributed by atoms with Crippen LogP contribution in [0.5, 0.6) is 0 Å². The van der Waals surface area contributed by atoms with E-state index in [0.717, 1.165) is 6.54 Å². The van der Waals surface area contributed by atoms with Crippen LogP contribution in [0.1, 0.15) is 45.4 Å². The van der Waals surface area contributed by atoms with E-state index in [-0.39, 0.29) is 24.9 Å². The molecule has 0 aromatic heterocycles. The molecular weight excluding hydrogens is 252 g/mol. The highest BCUT2D eigenvalue weighted by molar-refractivity contribution is 5.85. The number of nitrogens with one attached hydrogen (secondary N) is 2. The summed E-state index contributed by atoms with van der Waals surface area (Å²) in [7, 11) is 0. The van der Waals surface area contributed by atoms with E-state index in [4.69, 9.17) is 4.74 Å². The molecule has 0 aromatic rings. The zero-order valence-corrected chi connectivity index (χ0v) is 12.2. The van der Waals surface area contributed by atoms with Crippen LogP contribution >= 0.6 is 12.4 Å². The van der Waals surface area contributed by atoms with Gasteiger partial charge in [-0.05, 0) is 19.8 Å². The lowest BCUT2D eigenvalue weighted by molar-refractivity contribution is -0.125. The number of carbonyl (C=O) groups is 1. The van der Waals surface area contributed by atoms with Crippen molar-refractivity contribution in [1.29, 1.82) is 0 Å². The summed E-state index contributed by atoms with van der Waals surface area (Å²) >= 11 is 0. The number of amides is 1. The SMILES string of the molecule is CCOCC(=O)NCCNC1CCCCCC1.Cl. The Morgan fingerprint density at radius 3 is 2.44 bits per heavy atom. The first-order valence-corrected chi connectivity index (χ1v) is 6.90. The van der Waals surface area contributed by atoms with E-state index in [9.17, 15) is 4.79 Å². The Morgan fingerprint density at radius 2 is 1.83 bits per heavy atom. The van der Waals surface area contributed by atoms with Crippen molar-refractivity contribution >= 4 is 18.3 Å². The molecule has 0 aliphatic heterocycles. The predicted molar refractivity (Wildman–Crippen MR) is 76.2 cm³/mol. The van der Waals surface area contributed by atoms with Crippen LogP contribution in [0, 0.1) is 0 Å². The zero-order valence-electron chi connectivity index (χ0n) is 11.4. The maximum absolute atomic E-state index is 11.2. The summed E-state index contributed by atoms with van der Waals surface area (Å²) in [5.74, 6) is -0.0190. The van der Waals surface area contributed by atoms with Gasteiger partial charge in [-0.15, -0.1) is 12.4 Å². The highest BCUT2D eigenvalue weighted by atomic mass is 35.5. The van der Waals surface area contributed by atoms with Crippen molar-refractivity contribution in [3.05, 3.63) is 0 Å². The van der Waals surface area contributed by atoms with Crippen LogP contribution in [0.2, 0.25) is 0 Å². The van der Waals surface area contributed by atoms with Crippen LogP contribution in [0.25, 0.3) is 0 Å². The van der Waals surface area contributed by atoms with Gasteiger partial charge in [0.1, 0.15) is 6.61 Å². The monoisotopic (exact) mass is 278 g/mol. The largest absolute Gasteiger partial charge is 0.372 e. The fraction of sp³-hybridized carbons (Fsp3) is 0.923. The minimum absolute atomic E-state index is 0. The third kappa shape index (κ3) is 8.72. The number of hydrogen-bond donors (Lipinski definition) is 2. The lowest BCUT2D eigenvalue weighted by Gasteiger charge is -2.16. The van der Waals surface area contributed by atoms with Crippen LogP contribution in [0.15, 0.2) is 0 Å². The lowest BCUT2D eigenvalue weighted by atomic mass is 10.1. The molecule has 2 N–H and O–H groups in total. The van der Waals surface area contributed by atoms with Gasteiger partial charge in [0.2, 0.25) is 5.91 Å². The first-order chi connectivity index (χ1) is 8.33. The van der Waals surface area contributed by atoms with Crippen molar-refractivity contribution in [2.45, 2.75) is 51.5 Å². The van der Waals surface area contributed by atoms with Crippen LogP contribution in [0.3, 0.4) is 0 Å². The zero-order chi connectivity index (χ0) is 12.3. The molecule has 0 aromatic carbocycles. The Kier molecular flexibility index (Phi) is 11.5. The van der Waals surface area contributed by atoms with Gasteiger partial charge in [0.05, 0.1) is 0 Å². The number of carbonyl (C=O) groups excluding carboxylic acids is 1. The fourth-order valence-electron chi connectivity index (χ4n) is 2.21. The molecule has 4 nitrogen and oxygen atoms in total. The van der Waals surface area contributed by atoms with E-state index < -0.39 is 0 Å². The second-order valence-corrected chi connectivity index (χ2v) is 4.63. The van der Waals surface area contributed by atoms with E-state index >= 15 is 0 Å². The summed E-state index contributed by atoms with van der Waals surface area (Å²) in [6.07, 6.45) is 8.01. The Hall–Kier alpha value is -0.320. The molecule has 1 aliphatic rings. The number of rotatable bonds is 7. The second kappa shape index (κ2) is 11.8. The average Bonchev–Trinajstić information content (AvgIpc) is 2.60. The van der Waals surface area contributed by atoms with Crippen molar-refractivity contribution in [3.63, 3.8) is 0 Å². The molecule has 1 amide bonds. The first kappa shape index (κ1) is 17.7. The number of ether oxygens (including phenoxy) is 1. The van der Waals surface area contributed by atoms with Crippen molar-refractivity contribution in [3.8, 4) is 0 Å². The van der Waals surface area contributed by atoms with Crippen LogP contribution < -0.4 is 10.6 Å². The van der Waals surface area contributed by atoms with Gasteiger partial charge >= 0.3 is 0 Å². The van der Waals surface area contributed by atoms with Gasteiger partial charge in [-0.25, -0.2) is 0 Å². The predicted octanol–water partition coefficient (Wildman–Crippen LogP) is 1.87. The summed E-state index contributed by atoms with van der Waals surface area (Å²) < 4.78 is 5.03. The van der Waals surface area contributed by atoms with Gasteiger partial charge in [0.15, 0.2) is 0 Å². The van der Waals surface area contributed by atoms with Gasteiger partial charge in [0, 0.05) is 25.7 Å². The molecule has 0 atom stereocenters. The van der Waals surface area contributed by atoms with Gasteiger partial charge in [-0.1, -0.05) is 25.7 Å². The summed E-state index contributed by atoms with van der Waals surface area (Å²) in [5, 5.41) is 6.36. The average molecular weight is 279 g/mol. The molecule has 1 rings (SSSR count). The quantitative estimate of drug-likeness (QED) is 0.552. The number of hydrogen-bond acceptors (Lipinski definition) is 3. The molecule has 0 heterocycles. The normalized spacial score (nSPS) is 16.7.